The van der Waals surface area contributed by atoms with Crippen LogP contribution >= 0.6 is 0 Å². The number of rotatable bonds is 0. The summed E-state index contributed by atoms with van der Waals surface area (Å²) < 4.78 is 0. The van der Waals surface area contributed by atoms with E-state index in [2.05, 4.69) is 12.0 Å². The summed E-state index contributed by atoms with van der Waals surface area (Å²) in [5.74, 6) is 2.58. The zero-order valence-electron chi connectivity index (χ0n) is 5.47. The molecule has 0 aromatic carbocycles. The second-order valence-electron chi connectivity index (χ2n) is 1.83. The summed E-state index contributed by atoms with van der Waals surface area (Å²) >= 11 is 0. The summed E-state index contributed by atoms with van der Waals surface area (Å²) in [5.41, 5.74) is 0. The first-order valence-corrected chi connectivity index (χ1v) is 2.49. The maximum atomic E-state index is 8.60. The lowest BCUT2D eigenvalue weighted by molar-refractivity contribution is 0.253. The van der Waals surface area contributed by atoms with Gasteiger partial charge in [-0.1, -0.05) is 0 Å². The molecule has 0 amide bonds. The highest BCUT2D eigenvalue weighted by Gasteiger charge is 1.81. The summed E-state index contributed by atoms with van der Waals surface area (Å²) in [6, 6.07) is 2.68. The Hall–Kier alpha value is -0.680. The Morgan fingerprint density at radius 3 is 2.12 bits per heavy atom. The first-order chi connectivity index (χ1) is 3.63. The number of aliphatic hydroxyl groups excluding tert-OH is 1. The van der Waals surface area contributed by atoms with Gasteiger partial charge in [-0.3, -0.25) is 0 Å². The highest BCUT2D eigenvalue weighted by molar-refractivity contribution is 5.00. The predicted molar refractivity (Wildman–Crippen MR) is 33.1 cm³/mol. The minimum absolute atomic E-state index is 0.516. The summed E-state index contributed by atoms with van der Waals surface area (Å²) in [6.07, 6.45) is -0.516. The maximum absolute atomic E-state index is 8.60. The Labute approximate surface area is 50.1 Å². The highest BCUT2D eigenvalue weighted by Crippen LogP contribution is 1.73. The third-order valence-corrected chi connectivity index (χ3v) is 0.497. The van der Waals surface area contributed by atoms with E-state index in [9.17, 15) is 0 Å². The molecule has 46 valence electrons. The van der Waals surface area contributed by atoms with E-state index in [0.29, 0.717) is 0 Å². The molecule has 0 saturated heterocycles. The topological polar surface area (TPSA) is 23.5 Å². The van der Waals surface area contributed by atoms with Gasteiger partial charge in [-0.2, -0.15) is 0 Å². The van der Waals surface area contributed by atoms with Crippen LogP contribution in [0.25, 0.3) is 0 Å². The average Bonchev–Trinajstić information content (AvgIpc) is 1.61. The molecular formula is C6H11NO. The number of hydrogen-bond donors (Lipinski definition) is 1. The molecule has 0 aliphatic heterocycles. The molecular weight excluding hydrogens is 102 g/mol. The minimum atomic E-state index is -0.516. The molecule has 0 heterocycles. The van der Waals surface area contributed by atoms with E-state index >= 15 is 0 Å². The molecule has 0 saturated carbocycles. The fourth-order valence-corrected chi connectivity index (χ4v) is 0.223. The molecule has 0 fully saturated rings. The highest BCUT2D eigenvalue weighted by atomic mass is 16.3. The summed E-state index contributed by atoms with van der Waals surface area (Å²) in [7, 11) is 3.66. The van der Waals surface area contributed by atoms with Gasteiger partial charge in [0.1, 0.15) is 6.10 Å². The van der Waals surface area contributed by atoms with Gasteiger partial charge in [0.15, 0.2) is 0 Å². The van der Waals surface area contributed by atoms with Gasteiger partial charge in [0.2, 0.25) is 0 Å². The molecule has 0 spiro atoms. The van der Waals surface area contributed by atoms with Crippen molar-refractivity contribution < 1.29 is 5.11 Å². The Bertz CT molecular complexity index is 95.4. The quantitative estimate of drug-likeness (QED) is 0.350. The molecule has 0 radical (unpaired) electrons. The first-order valence-electron chi connectivity index (χ1n) is 2.49. The lowest BCUT2D eigenvalue weighted by Crippen LogP contribution is -2.03. The monoisotopic (exact) mass is 113 g/mol. The SMILES string of the molecule is CC(O)C#CN(C)C. The first kappa shape index (κ1) is 7.32. The molecule has 0 aromatic rings. The largest absolute Gasteiger partial charge is 0.381 e. The molecule has 0 rings (SSSR count). The van der Waals surface area contributed by atoms with Crippen LogP contribution in [0.4, 0.5) is 0 Å². The van der Waals surface area contributed by atoms with Crippen molar-refractivity contribution in [2.24, 2.45) is 0 Å². The molecule has 2 heteroatoms. The normalized spacial score (nSPS) is 11.5. The zero-order valence-corrected chi connectivity index (χ0v) is 5.47. The van der Waals surface area contributed by atoms with E-state index in [1.165, 1.54) is 0 Å². The van der Waals surface area contributed by atoms with Crippen molar-refractivity contribution in [1.82, 2.24) is 4.90 Å². The Balaban J connectivity index is 3.50. The van der Waals surface area contributed by atoms with Crippen LogP contribution in [0.1, 0.15) is 6.92 Å². The minimum Gasteiger partial charge on any atom is -0.381 e. The molecule has 2 nitrogen and oxygen atoms in total. The third kappa shape index (κ3) is 5.32. The van der Waals surface area contributed by atoms with Crippen LogP contribution in [0, 0.1) is 12.0 Å². The van der Waals surface area contributed by atoms with Crippen molar-refractivity contribution in [1.29, 1.82) is 0 Å². The van der Waals surface area contributed by atoms with Gasteiger partial charge in [0.25, 0.3) is 0 Å². The number of hydrogen-bond acceptors (Lipinski definition) is 2. The molecule has 1 unspecified atom stereocenters. The fraction of sp³-hybridized carbons (Fsp3) is 0.667. The Morgan fingerprint density at radius 2 is 2.00 bits per heavy atom. The zero-order chi connectivity index (χ0) is 6.57. The van der Waals surface area contributed by atoms with E-state index in [-0.39, 0.29) is 0 Å². The molecule has 1 atom stereocenters. The number of nitrogens with zero attached hydrogens (tertiary/aromatic N) is 1. The third-order valence-electron chi connectivity index (χ3n) is 0.497. The fourth-order valence-electron chi connectivity index (χ4n) is 0.223. The van der Waals surface area contributed by atoms with Crippen molar-refractivity contribution in [3.63, 3.8) is 0 Å². The van der Waals surface area contributed by atoms with Crippen LogP contribution in [0.5, 0.6) is 0 Å². The van der Waals surface area contributed by atoms with Crippen molar-refractivity contribution in [2.75, 3.05) is 14.1 Å². The van der Waals surface area contributed by atoms with Gasteiger partial charge in [-0.05, 0) is 12.8 Å². The van der Waals surface area contributed by atoms with E-state index in [1.54, 1.807) is 11.8 Å². The molecule has 1 N–H and O–H groups in total. The van der Waals surface area contributed by atoms with Crippen molar-refractivity contribution in [3.05, 3.63) is 0 Å². The van der Waals surface area contributed by atoms with Gasteiger partial charge in [0, 0.05) is 20.1 Å². The van der Waals surface area contributed by atoms with Crippen LogP contribution in [0.2, 0.25) is 0 Å². The van der Waals surface area contributed by atoms with Crippen LogP contribution in [-0.2, 0) is 0 Å². The van der Waals surface area contributed by atoms with E-state index in [4.69, 9.17) is 5.11 Å². The second-order valence-corrected chi connectivity index (χ2v) is 1.83. The van der Waals surface area contributed by atoms with Gasteiger partial charge >= 0.3 is 0 Å². The van der Waals surface area contributed by atoms with Gasteiger partial charge in [-0.25, -0.2) is 0 Å². The Kier molecular flexibility index (Phi) is 3.05. The maximum Gasteiger partial charge on any atom is 0.113 e. The van der Waals surface area contributed by atoms with Crippen molar-refractivity contribution >= 4 is 0 Å². The van der Waals surface area contributed by atoms with Crippen LogP contribution in [0.15, 0.2) is 0 Å². The molecule has 0 bridgehead atoms. The molecule has 0 aliphatic carbocycles. The van der Waals surface area contributed by atoms with Gasteiger partial charge in [0.05, 0.1) is 0 Å². The summed E-state index contributed by atoms with van der Waals surface area (Å²) in [4.78, 5) is 1.70. The van der Waals surface area contributed by atoms with Crippen LogP contribution in [-0.4, -0.2) is 30.2 Å². The average molecular weight is 113 g/mol. The van der Waals surface area contributed by atoms with E-state index in [1.807, 2.05) is 14.1 Å². The predicted octanol–water partition coefficient (Wildman–Crippen LogP) is -0.110. The standard InChI is InChI=1S/C6H11NO/c1-6(8)4-5-7(2)3/h6,8H,1-3H3. The van der Waals surface area contributed by atoms with Crippen molar-refractivity contribution in [2.45, 2.75) is 13.0 Å². The Morgan fingerprint density at radius 1 is 1.50 bits per heavy atom. The van der Waals surface area contributed by atoms with Gasteiger partial charge in [-0.15, -0.1) is 0 Å². The lowest BCUT2D eigenvalue weighted by atomic mass is 10.4. The van der Waals surface area contributed by atoms with Gasteiger partial charge < -0.3 is 10.0 Å². The molecule has 8 heavy (non-hydrogen) atoms. The van der Waals surface area contributed by atoms with E-state index < -0.39 is 6.10 Å². The lowest BCUT2D eigenvalue weighted by Gasteiger charge is -1.97. The van der Waals surface area contributed by atoms with Crippen molar-refractivity contribution in [3.8, 4) is 12.0 Å². The number of aliphatic hydroxyl groups is 1. The smallest absolute Gasteiger partial charge is 0.113 e. The van der Waals surface area contributed by atoms with Crippen LogP contribution < -0.4 is 0 Å². The van der Waals surface area contributed by atoms with E-state index in [0.717, 1.165) is 0 Å². The summed E-state index contributed by atoms with van der Waals surface area (Å²) in [5, 5.41) is 8.60. The molecule has 0 aromatic heterocycles. The second kappa shape index (κ2) is 3.34. The summed E-state index contributed by atoms with van der Waals surface area (Å²) in [6.45, 7) is 1.64. The van der Waals surface area contributed by atoms with Crippen LogP contribution in [0.3, 0.4) is 0 Å². The molecule has 0 aliphatic rings.